The number of amides is 1. The van der Waals surface area contributed by atoms with E-state index in [4.69, 9.17) is 0 Å². The molecule has 1 aromatic carbocycles. The van der Waals surface area contributed by atoms with E-state index in [1.165, 1.54) is 0 Å². The maximum atomic E-state index is 12.3. The summed E-state index contributed by atoms with van der Waals surface area (Å²) >= 11 is 0. The first kappa shape index (κ1) is 12.1. The van der Waals surface area contributed by atoms with Gasteiger partial charge in [-0.05, 0) is 37.9 Å². The van der Waals surface area contributed by atoms with Crippen LogP contribution in [0.25, 0.3) is 0 Å². The Bertz CT molecular complexity index is 397. The average molecular weight is 232 g/mol. The highest BCUT2D eigenvalue weighted by atomic mass is 16.2. The van der Waals surface area contributed by atoms with Crippen LogP contribution in [0.1, 0.15) is 18.4 Å². The van der Waals surface area contributed by atoms with Gasteiger partial charge in [-0.3, -0.25) is 4.79 Å². The van der Waals surface area contributed by atoms with Crippen LogP contribution >= 0.6 is 0 Å². The lowest BCUT2D eigenvalue weighted by molar-refractivity contribution is -0.122. The smallest absolute Gasteiger partial charge is 0.231 e. The third-order valence-electron chi connectivity index (χ3n) is 3.45. The normalized spacial score (nSPS) is 20.0. The van der Waals surface area contributed by atoms with Gasteiger partial charge in [0.2, 0.25) is 5.91 Å². The number of hydrogen-bond donors (Lipinski definition) is 1. The molecule has 1 atom stereocenters. The van der Waals surface area contributed by atoms with Crippen molar-refractivity contribution in [1.29, 1.82) is 0 Å². The van der Waals surface area contributed by atoms with Crippen molar-refractivity contribution in [2.24, 2.45) is 5.92 Å². The summed E-state index contributed by atoms with van der Waals surface area (Å²) < 4.78 is 0. The Balaban J connectivity index is 2.11. The molecule has 1 aliphatic rings. The molecule has 1 aliphatic heterocycles. The van der Waals surface area contributed by atoms with Crippen molar-refractivity contribution in [3.63, 3.8) is 0 Å². The topological polar surface area (TPSA) is 32.3 Å². The largest absolute Gasteiger partial charge is 0.316 e. The Labute approximate surface area is 103 Å². The van der Waals surface area contributed by atoms with E-state index in [-0.39, 0.29) is 11.8 Å². The molecule has 1 heterocycles. The molecular weight excluding hydrogens is 212 g/mol. The molecule has 17 heavy (non-hydrogen) atoms. The van der Waals surface area contributed by atoms with Gasteiger partial charge in [-0.15, -0.1) is 0 Å². The van der Waals surface area contributed by atoms with Crippen molar-refractivity contribution in [3.8, 4) is 0 Å². The standard InChI is InChI=1S/C14H20N2O/c1-11-6-3-4-8-13(11)16(2)14(17)12-7-5-9-15-10-12/h3-4,6,8,12,15H,5,7,9-10H2,1-2H3. The Morgan fingerprint density at radius 3 is 2.82 bits per heavy atom. The summed E-state index contributed by atoms with van der Waals surface area (Å²) in [5, 5.41) is 3.29. The fourth-order valence-corrected chi connectivity index (χ4v) is 2.39. The predicted molar refractivity (Wildman–Crippen MR) is 70.2 cm³/mol. The zero-order chi connectivity index (χ0) is 12.3. The molecule has 3 heteroatoms. The molecule has 1 fully saturated rings. The number of anilines is 1. The number of carbonyl (C=O) groups excluding carboxylic acids is 1. The Kier molecular flexibility index (Phi) is 3.79. The van der Waals surface area contributed by atoms with E-state index in [2.05, 4.69) is 5.32 Å². The minimum Gasteiger partial charge on any atom is -0.316 e. The van der Waals surface area contributed by atoms with E-state index in [1.54, 1.807) is 4.90 Å². The monoisotopic (exact) mass is 232 g/mol. The summed E-state index contributed by atoms with van der Waals surface area (Å²) in [5.41, 5.74) is 2.16. The molecule has 2 rings (SSSR count). The Hall–Kier alpha value is -1.35. The minimum atomic E-state index is 0.133. The van der Waals surface area contributed by atoms with Gasteiger partial charge in [0.05, 0.1) is 5.92 Å². The highest BCUT2D eigenvalue weighted by Crippen LogP contribution is 2.21. The van der Waals surface area contributed by atoms with Gasteiger partial charge in [-0.2, -0.15) is 0 Å². The molecule has 0 saturated carbocycles. The number of hydrogen-bond acceptors (Lipinski definition) is 2. The van der Waals surface area contributed by atoms with Crippen LogP contribution in [0.15, 0.2) is 24.3 Å². The second-order valence-corrected chi connectivity index (χ2v) is 4.73. The van der Waals surface area contributed by atoms with Crippen molar-refractivity contribution < 1.29 is 4.79 Å². The third kappa shape index (κ3) is 2.67. The summed E-state index contributed by atoms with van der Waals surface area (Å²) in [5.74, 6) is 0.361. The van der Waals surface area contributed by atoms with Gasteiger partial charge in [0, 0.05) is 19.3 Å². The quantitative estimate of drug-likeness (QED) is 0.845. The van der Waals surface area contributed by atoms with Crippen molar-refractivity contribution in [2.75, 3.05) is 25.0 Å². The van der Waals surface area contributed by atoms with Gasteiger partial charge in [0.15, 0.2) is 0 Å². The van der Waals surface area contributed by atoms with Gasteiger partial charge in [-0.1, -0.05) is 18.2 Å². The van der Waals surface area contributed by atoms with E-state index in [9.17, 15) is 4.79 Å². The summed E-state index contributed by atoms with van der Waals surface area (Å²) in [6, 6.07) is 8.02. The van der Waals surface area contributed by atoms with Gasteiger partial charge >= 0.3 is 0 Å². The van der Waals surface area contributed by atoms with Gasteiger partial charge in [-0.25, -0.2) is 0 Å². The van der Waals surface area contributed by atoms with Crippen molar-refractivity contribution in [3.05, 3.63) is 29.8 Å². The van der Waals surface area contributed by atoms with Crippen LogP contribution in [0, 0.1) is 12.8 Å². The molecule has 3 nitrogen and oxygen atoms in total. The van der Waals surface area contributed by atoms with Crippen LogP contribution < -0.4 is 10.2 Å². The summed E-state index contributed by atoms with van der Waals surface area (Å²) in [7, 11) is 1.87. The molecule has 0 spiro atoms. The molecule has 0 bridgehead atoms. The lowest BCUT2D eigenvalue weighted by Crippen LogP contribution is -2.41. The second-order valence-electron chi connectivity index (χ2n) is 4.73. The summed E-state index contributed by atoms with van der Waals surface area (Å²) in [6.45, 7) is 3.89. The summed E-state index contributed by atoms with van der Waals surface area (Å²) in [6.07, 6.45) is 2.10. The number of nitrogens with zero attached hydrogens (tertiary/aromatic N) is 1. The van der Waals surface area contributed by atoms with E-state index in [0.717, 1.165) is 37.2 Å². The number of aryl methyl sites for hydroxylation is 1. The number of nitrogens with one attached hydrogen (secondary N) is 1. The molecule has 1 unspecified atom stereocenters. The molecule has 1 saturated heterocycles. The molecular formula is C14H20N2O. The minimum absolute atomic E-state index is 0.133. The molecule has 0 aliphatic carbocycles. The van der Waals surface area contributed by atoms with Gasteiger partial charge in [0.25, 0.3) is 0 Å². The van der Waals surface area contributed by atoms with E-state index < -0.39 is 0 Å². The first-order chi connectivity index (χ1) is 8.20. The van der Waals surface area contributed by atoms with E-state index in [1.807, 2.05) is 38.2 Å². The number of piperidine rings is 1. The lowest BCUT2D eigenvalue weighted by atomic mass is 9.98. The van der Waals surface area contributed by atoms with Crippen LogP contribution in [-0.4, -0.2) is 26.0 Å². The van der Waals surface area contributed by atoms with Crippen LogP contribution in [0.4, 0.5) is 5.69 Å². The zero-order valence-electron chi connectivity index (χ0n) is 10.6. The van der Waals surface area contributed by atoms with E-state index >= 15 is 0 Å². The van der Waals surface area contributed by atoms with Crippen LogP contribution in [0.3, 0.4) is 0 Å². The van der Waals surface area contributed by atoms with Crippen molar-refractivity contribution >= 4 is 11.6 Å². The van der Waals surface area contributed by atoms with E-state index in [0.29, 0.717) is 0 Å². The SMILES string of the molecule is Cc1ccccc1N(C)C(=O)C1CCCNC1. The zero-order valence-corrected chi connectivity index (χ0v) is 10.6. The van der Waals surface area contributed by atoms with Crippen molar-refractivity contribution in [1.82, 2.24) is 5.32 Å². The highest BCUT2D eigenvalue weighted by molar-refractivity contribution is 5.95. The van der Waals surface area contributed by atoms with Gasteiger partial charge in [0.1, 0.15) is 0 Å². The molecule has 0 radical (unpaired) electrons. The average Bonchev–Trinajstić information content (AvgIpc) is 2.39. The molecule has 1 aromatic rings. The number of carbonyl (C=O) groups is 1. The van der Waals surface area contributed by atoms with Crippen molar-refractivity contribution in [2.45, 2.75) is 19.8 Å². The molecule has 92 valence electrons. The fraction of sp³-hybridized carbons (Fsp3) is 0.500. The first-order valence-electron chi connectivity index (χ1n) is 6.24. The van der Waals surface area contributed by atoms with Crippen LogP contribution in [0.5, 0.6) is 0 Å². The number of para-hydroxylation sites is 1. The van der Waals surface area contributed by atoms with Crippen LogP contribution in [0.2, 0.25) is 0 Å². The maximum Gasteiger partial charge on any atom is 0.231 e. The highest BCUT2D eigenvalue weighted by Gasteiger charge is 2.24. The molecule has 0 aromatic heterocycles. The van der Waals surface area contributed by atoms with Gasteiger partial charge < -0.3 is 10.2 Å². The Morgan fingerprint density at radius 2 is 2.18 bits per heavy atom. The predicted octanol–water partition coefficient (Wildman–Crippen LogP) is 1.96. The first-order valence-corrected chi connectivity index (χ1v) is 6.24. The fourth-order valence-electron chi connectivity index (χ4n) is 2.39. The molecule has 1 amide bonds. The second kappa shape index (κ2) is 5.32. The Morgan fingerprint density at radius 1 is 1.41 bits per heavy atom. The lowest BCUT2D eigenvalue weighted by Gasteiger charge is -2.27. The third-order valence-corrected chi connectivity index (χ3v) is 3.45. The summed E-state index contributed by atoms with van der Waals surface area (Å²) in [4.78, 5) is 14.1. The van der Waals surface area contributed by atoms with Crippen LogP contribution in [-0.2, 0) is 4.79 Å². The molecule has 1 N–H and O–H groups in total. The maximum absolute atomic E-state index is 12.3. The number of benzene rings is 1. The number of rotatable bonds is 2.